The van der Waals surface area contributed by atoms with Gasteiger partial charge in [0.1, 0.15) is 18.2 Å². The minimum absolute atomic E-state index is 0.182. The quantitative estimate of drug-likeness (QED) is 0.701. The summed E-state index contributed by atoms with van der Waals surface area (Å²) in [7, 11) is 0. The summed E-state index contributed by atoms with van der Waals surface area (Å²) in [6.45, 7) is 8.02. The summed E-state index contributed by atoms with van der Waals surface area (Å²) in [6.07, 6.45) is 2.88. The Morgan fingerprint density at radius 3 is 2.68 bits per heavy atom. The third kappa shape index (κ3) is 4.47. The molecule has 0 amide bonds. The van der Waals surface area contributed by atoms with Gasteiger partial charge in [-0.25, -0.2) is 4.98 Å². The maximum Gasteiger partial charge on any atom is 0.133 e. The number of nitrogens with one attached hydrogen (secondary N) is 1. The molecule has 3 nitrogen and oxygen atoms in total. The number of pyridine rings is 1. The summed E-state index contributed by atoms with van der Waals surface area (Å²) in [5, 5.41) is 3.23. The molecular weight excluding hydrogens is 340 g/mol. The standard InChI is InChI=1S/C18H23BrN2O/c1-4-18(2,3)14-8-9-16(15(19)13-14)22-12-11-21-17-7-5-6-10-20-17/h5-10,13H,4,11-12H2,1-3H3,(H,20,21). The molecule has 0 aliphatic rings. The van der Waals surface area contributed by atoms with E-state index in [4.69, 9.17) is 4.74 Å². The highest BCUT2D eigenvalue weighted by Gasteiger charge is 2.19. The van der Waals surface area contributed by atoms with E-state index in [1.54, 1.807) is 6.20 Å². The number of benzene rings is 1. The third-order valence-corrected chi connectivity index (χ3v) is 4.55. The Labute approximate surface area is 141 Å². The lowest BCUT2D eigenvalue weighted by molar-refractivity contribution is 0.330. The summed E-state index contributed by atoms with van der Waals surface area (Å²) in [4.78, 5) is 4.21. The molecule has 1 aromatic heterocycles. The normalized spacial score (nSPS) is 11.3. The van der Waals surface area contributed by atoms with Crippen molar-refractivity contribution in [3.05, 3.63) is 52.6 Å². The van der Waals surface area contributed by atoms with E-state index in [2.05, 4.69) is 59.1 Å². The van der Waals surface area contributed by atoms with Crippen LogP contribution in [0.4, 0.5) is 5.82 Å². The van der Waals surface area contributed by atoms with E-state index in [0.717, 1.165) is 22.5 Å². The minimum atomic E-state index is 0.182. The van der Waals surface area contributed by atoms with Gasteiger partial charge in [-0.15, -0.1) is 0 Å². The lowest BCUT2D eigenvalue weighted by Gasteiger charge is -2.24. The number of nitrogens with zero attached hydrogens (tertiary/aromatic N) is 1. The first kappa shape index (κ1) is 16.8. The Kier molecular flexibility index (Phi) is 5.83. The fourth-order valence-electron chi connectivity index (χ4n) is 2.05. The first-order chi connectivity index (χ1) is 10.5. The van der Waals surface area contributed by atoms with Gasteiger partial charge in [-0.1, -0.05) is 32.9 Å². The molecule has 2 aromatic rings. The van der Waals surface area contributed by atoms with Crippen LogP contribution in [0, 0.1) is 0 Å². The Morgan fingerprint density at radius 2 is 2.05 bits per heavy atom. The number of rotatable bonds is 7. The summed E-state index contributed by atoms with van der Waals surface area (Å²) in [5.74, 6) is 1.74. The molecule has 1 aromatic carbocycles. The van der Waals surface area contributed by atoms with Gasteiger partial charge in [-0.3, -0.25) is 0 Å². The van der Waals surface area contributed by atoms with Crippen LogP contribution in [0.3, 0.4) is 0 Å². The molecule has 0 atom stereocenters. The number of hydrogen-bond donors (Lipinski definition) is 1. The lowest BCUT2D eigenvalue weighted by atomic mass is 9.82. The number of anilines is 1. The van der Waals surface area contributed by atoms with Gasteiger partial charge in [0.15, 0.2) is 0 Å². The molecule has 0 spiro atoms. The average Bonchev–Trinajstić information content (AvgIpc) is 2.53. The van der Waals surface area contributed by atoms with Crippen LogP contribution >= 0.6 is 15.9 Å². The van der Waals surface area contributed by atoms with E-state index in [1.165, 1.54) is 5.56 Å². The van der Waals surface area contributed by atoms with E-state index in [-0.39, 0.29) is 5.41 Å². The van der Waals surface area contributed by atoms with Crippen LogP contribution in [0.1, 0.15) is 32.8 Å². The van der Waals surface area contributed by atoms with E-state index < -0.39 is 0 Å². The molecule has 22 heavy (non-hydrogen) atoms. The Balaban J connectivity index is 1.88. The molecule has 0 aliphatic heterocycles. The van der Waals surface area contributed by atoms with Crippen molar-refractivity contribution in [2.24, 2.45) is 0 Å². The van der Waals surface area contributed by atoms with Gasteiger partial charge in [0.05, 0.1) is 11.0 Å². The highest BCUT2D eigenvalue weighted by atomic mass is 79.9. The van der Waals surface area contributed by atoms with E-state index in [9.17, 15) is 0 Å². The molecule has 4 heteroatoms. The fourth-order valence-corrected chi connectivity index (χ4v) is 2.54. The van der Waals surface area contributed by atoms with Crippen LogP contribution in [0.2, 0.25) is 0 Å². The van der Waals surface area contributed by atoms with Crippen LogP contribution in [0.15, 0.2) is 47.1 Å². The Hall–Kier alpha value is -1.55. The second-order valence-corrected chi connectivity index (χ2v) is 6.73. The van der Waals surface area contributed by atoms with E-state index in [1.807, 2.05) is 24.3 Å². The smallest absolute Gasteiger partial charge is 0.133 e. The average molecular weight is 363 g/mol. The van der Waals surface area contributed by atoms with Crippen molar-refractivity contribution in [1.82, 2.24) is 4.98 Å². The van der Waals surface area contributed by atoms with E-state index in [0.29, 0.717) is 13.2 Å². The van der Waals surface area contributed by atoms with Gasteiger partial charge in [0, 0.05) is 6.20 Å². The Morgan fingerprint density at radius 1 is 1.23 bits per heavy atom. The van der Waals surface area contributed by atoms with Gasteiger partial charge in [0.2, 0.25) is 0 Å². The minimum Gasteiger partial charge on any atom is -0.491 e. The van der Waals surface area contributed by atoms with Gasteiger partial charge in [-0.2, -0.15) is 0 Å². The zero-order chi connectivity index (χ0) is 16.0. The molecule has 0 fully saturated rings. The summed E-state index contributed by atoms with van der Waals surface area (Å²) in [5.41, 5.74) is 1.50. The second kappa shape index (κ2) is 7.63. The molecule has 0 bridgehead atoms. The predicted octanol–water partition coefficient (Wildman–Crippen LogP) is 5.02. The molecule has 0 unspecified atom stereocenters. The monoisotopic (exact) mass is 362 g/mol. The van der Waals surface area contributed by atoms with Crippen molar-refractivity contribution in [1.29, 1.82) is 0 Å². The van der Waals surface area contributed by atoms with E-state index >= 15 is 0 Å². The van der Waals surface area contributed by atoms with Gasteiger partial charge in [-0.05, 0) is 57.6 Å². The number of ether oxygens (including phenoxy) is 1. The molecule has 118 valence electrons. The van der Waals surface area contributed by atoms with Crippen molar-refractivity contribution in [3.8, 4) is 5.75 Å². The molecule has 0 aliphatic carbocycles. The fraction of sp³-hybridized carbons (Fsp3) is 0.389. The zero-order valence-electron chi connectivity index (χ0n) is 13.4. The first-order valence-electron chi connectivity index (χ1n) is 7.60. The predicted molar refractivity (Wildman–Crippen MR) is 95.7 cm³/mol. The van der Waals surface area contributed by atoms with Crippen LogP contribution < -0.4 is 10.1 Å². The second-order valence-electron chi connectivity index (χ2n) is 5.87. The van der Waals surface area contributed by atoms with Gasteiger partial charge < -0.3 is 10.1 Å². The highest BCUT2D eigenvalue weighted by Crippen LogP contribution is 2.33. The molecule has 2 rings (SSSR count). The Bertz CT molecular complexity index is 599. The topological polar surface area (TPSA) is 34.1 Å². The number of hydrogen-bond acceptors (Lipinski definition) is 3. The molecule has 0 saturated heterocycles. The van der Waals surface area contributed by atoms with Crippen LogP contribution in [-0.4, -0.2) is 18.1 Å². The maximum atomic E-state index is 5.82. The largest absolute Gasteiger partial charge is 0.491 e. The van der Waals surface area contributed by atoms with Crippen LogP contribution in [0.25, 0.3) is 0 Å². The SMILES string of the molecule is CCC(C)(C)c1ccc(OCCNc2ccccn2)c(Br)c1. The highest BCUT2D eigenvalue weighted by molar-refractivity contribution is 9.10. The van der Waals surface area contributed by atoms with Crippen LogP contribution in [-0.2, 0) is 5.41 Å². The van der Waals surface area contributed by atoms with Crippen molar-refractivity contribution in [2.45, 2.75) is 32.6 Å². The summed E-state index contributed by atoms with van der Waals surface area (Å²) in [6, 6.07) is 12.1. The van der Waals surface area contributed by atoms with Gasteiger partial charge >= 0.3 is 0 Å². The van der Waals surface area contributed by atoms with Gasteiger partial charge in [0.25, 0.3) is 0 Å². The number of halogens is 1. The van der Waals surface area contributed by atoms with Crippen molar-refractivity contribution in [2.75, 3.05) is 18.5 Å². The molecule has 0 saturated carbocycles. The summed E-state index contributed by atoms with van der Waals surface area (Å²) >= 11 is 3.61. The summed E-state index contributed by atoms with van der Waals surface area (Å²) < 4.78 is 6.83. The third-order valence-electron chi connectivity index (χ3n) is 3.93. The molecular formula is C18H23BrN2O. The van der Waals surface area contributed by atoms with Crippen molar-refractivity contribution in [3.63, 3.8) is 0 Å². The number of aromatic nitrogens is 1. The zero-order valence-corrected chi connectivity index (χ0v) is 15.0. The first-order valence-corrected chi connectivity index (χ1v) is 8.40. The van der Waals surface area contributed by atoms with Crippen molar-refractivity contribution >= 4 is 21.7 Å². The molecule has 1 N–H and O–H groups in total. The van der Waals surface area contributed by atoms with Crippen molar-refractivity contribution < 1.29 is 4.74 Å². The maximum absolute atomic E-state index is 5.82. The molecule has 0 radical (unpaired) electrons. The molecule has 1 heterocycles. The lowest BCUT2D eigenvalue weighted by Crippen LogP contribution is -2.16. The van der Waals surface area contributed by atoms with Crippen LogP contribution in [0.5, 0.6) is 5.75 Å².